The number of aliphatic hydroxyl groups is 1. The van der Waals surface area contributed by atoms with Crippen LogP contribution in [0.1, 0.15) is 25.0 Å². The number of hydrogen-bond donors (Lipinski definition) is 2. The topological polar surface area (TPSA) is 35.5 Å². The average Bonchev–Trinajstić information content (AvgIpc) is 2.40. The van der Waals surface area contributed by atoms with E-state index in [1.54, 1.807) is 13.0 Å². The van der Waals surface area contributed by atoms with Gasteiger partial charge < -0.3 is 5.11 Å². The van der Waals surface area contributed by atoms with Crippen LogP contribution in [0.4, 0.5) is 4.39 Å². The summed E-state index contributed by atoms with van der Waals surface area (Å²) in [6.07, 6.45) is 3.80. The molecule has 108 valence electrons. The van der Waals surface area contributed by atoms with E-state index in [1.807, 2.05) is 23.4 Å². The van der Waals surface area contributed by atoms with Gasteiger partial charge in [0.25, 0.3) is 0 Å². The second-order valence-corrected chi connectivity index (χ2v) is 5.54. The molecule has 0 spiro atoms. The summed E-state index contributed by atoms with van der Waals surface area (Å²) in [5, 5.41) is 11.3. The van der Waals surface area contributed by atoms with Crippen molar-refractivity contribution in [3.63, 3.8) is 0 Å². The SMILES string of the molecule is Cc1cc(C2=CC(CO)=CN(CC(C)C)N2)ccc1F. The zero-order valence-electron chi connectivity index (χ0n) is 12.2. The number of nitrogens with one attached hydrogen (secondary N) is 1. The molecule has 0 fully saturated rings. The maximum absolute atomic E-state index is 13.4. The standard InChI is InChI=1S/C16H21FN2O/c1-11(2)8-19-9-13(10-20)7-16(18-19)14-4-5-15(17)12(3)6-14/h4-7,9,11,18,20H,8,10H2,1-3H3. The summed E-state index contributed by atoms with van der Waals surface area (Å²) in [7, 11) is 0. The zero-order valence-corrected chi connectivity index (χ0v) is 12.2. The first-order chi connectivity index (χ1) is 9.49. The van der Waals surface area contributed by atoms with Gasteiger partial charge in [0.2, 0.25) is 0 Å². The molecule has 0 aromatic heterocycles. The molecule has 1 aliphatic heterocycles. The molecular weight excluding hydrogens is 255 g/mol. The van der Waals surface area contributed by atoms with Crippen molar-refractivity contribution in [3.8, 4) is 0 Å². The molecule has 20 heavy (non-hydrogen) atoms. The molecule has 0 aliphatic carbocycles. The van der Waals surface area contributed by atoms with Gasteiger partial charge >= 0.3 is 0 Å². The van der Waals surface area contributed by atoms with E-state index >= 15 is 0 Å². The molecule has 0 amide bonds. The Kier molecular flexibility index (Phi) is 4.45. The molecule has 1 heterocycles. The summed E-state index contributed by atoms with van der Waals surface area (Å²) in [6, 6.07) is 5.02. The molecule has 0 atom stereocenters. The van der Waals surface area contributed by atoms with Crippen LogP contribution >= 0.6 is 0 Å². The molecule has 0 radical (unpaired) electrons. The van der Waals surface area contributed by atoms with E-state index in [-0.39, 0.29) is 12.4 Å². The van der Waals surface area contributed by atoms with Crippen LogP contribution in [0, 0.1) is 18.7 Å². The lowest BCUT2D eigenvalue weighted by Crippen LogP contribution is -2.37. The average molecular weight is 276 g/mol. The molecule has 1 aromatic carbocycles. The van der Waals surface area contributed by atoms with Crippen LogP contribution < -0.4 is 5.43 Å². The van der Waals surface area contributed by atoms with E-state index in [4.69, 9.17) is 0 Å². The van der Waals surface area contributed by atoms with Gasteiger partial charge in [0.15, 0.2) is 0 Å². The molecule has 4 heteroatoms. The largest absolute Gasteiger partial charge is 0.392 e. The van der Waals surface area contributed by atoms with E-state index in [1.165, 1.54) is 6.07 Å². The minimum absolute atomic E-state index is 0.0139. The van der Waals surface area contributed by atoms with Crippen molar-refractivity contribution < 1.29 is 9.50 Å². The number of hydrogen-bond acceptors (Lipinski definition) is 3. The third-order valence-corrected chi connectivity index (χ3v) is 3.13. The van der Waals surface area contributed by atoms with Crippen LogP contribution in [-0.2, 0) is 0 Å². The third-order valence-electron chi connectivity index (χ3n) is 3.13. The van der Waals surface area contributed by atoms with Crippen molar-refractivity contribution in [1.82, 2.24) is 10.4 Å². The Balaban J connectivity index is 2.28. The summed E-state index contributed by atoms with van der Waals surface area (Å²) >= 11 is 0. The molecule has 0 bridgehead atoms. The summed E-state index contributed by atoms with van der Waals surface area (Å²) in [6.45, 7) is 6.83. The fourth-order valence-electron chi connectivity index (χ4n) is 2.18. The van der Waals surface area contributed by atoms with Crippen LogP contribution in [-0.4, -0.2) is 23.3 Å². The Bertz CT molecular complexity index is 549. The quantitative estimate of drug-likeness (QED) is 0.887. The number of benzene rings is 1. The summed E-state index contributed by atoms with van der Waals surface area (Å²) in [4.78, 5) is 0. The van der Waals surface area contributed by atoms with Gasteiger partial charge in [-0.25, -0.2) is 4.39 Å². The van der Waals surface area contributed by atoms with Gasteiger partial charge in [-0.2, -0.15) is 0 Å². The van der Waals surface area contributed by atoms with Crippen LogP contribution in [0.25, 0.3) is 5.70 Å². The number of nitrogens with zero attached hydrogens (tertiary/aromatic N) is 1. The number of halogens is 1. The van der Waals surface area contributed by atoms with Gasteiger partial charge in [-0.05, 0) is 53.8 Å². The van der Waals surface area contributed by atoms with Crippen LogP contribution in [0.15, 0.2) is 36.0 Å². The maximum atomic E-state index is 13.4. The zero-order chi connectivity index (χ0) is 14.7. The van der Waals surface area contributed by atoms with Crippen LogP contribution in [0.5, 0.6) is 0 Å². The minimum Gasteiger partial charge on any atom is -0.392 e. The molecule has 0 saturated heterocycles. The first-order valence-corrected chi connectivity index (χ1v) is 6.82. The highest BCUT2D eigenvalue weighted by Crippen LogP contribution is 2.21. The van der Waals surface area contributed by atoms with E-state index in [0.717, 1.165) is 23.4 Å². The Morgan fingerprint density at radius 1 is 1.35 bits per heavy atom. The lowest BCUT2D eigenvalue weighted by atomic mass is 10.1. The molecule has 1 aromatic rings. The normalized spacial score (nSPS) is 15.0. The molecule has 0 unspecified atom stereocenters. The van der Waals surface area contributed by atoms with Gasteiger partial charge in [0, 0.05) is 12.7 Å². The molecule has 2 N–H and O–H groups in total. The summed E-state index contributed by atoms with van der Waals surface area (Å²) in [5.41, 5.74) is 6.53. The monoisotopic (exact) mass is 276 g/mol. The fourth-order valence-corrected chi connectivity index (χ4v) is 2.18. The van der Waals surface area contributed by atoms with Crippen molar-refractivity contribution in [2.45, 2.75) is 20.8 Å². The smallest absolute Gasteiger partial charge is 0.126 e. The van der Waals surface area contributed by atoms with Crippen molar-refractivity contribution >= 4 is 5.70 Å². The minimum atomic E-state index is -0.206. The highest BCUT2D eigenvalue weighted by atomic mass is 19.1. The number of rotatable bonds is 4. The Morgan fingerprint density at radius 2 is 2.10 bits per heavy atom. The van der Waals surface area contributed by atoms with E-state index in [0.29, 0.717) is 11.5 Å². The molecule has 1 aliphatic rings. The van der Waals surface area contributed by atoms with Crippen molar-refractivity contribution in [2.75, 3.05) is 13.2 Å². The van der Waals surface area contributed by atoms with Gasteiger partial charge in [0.1, 0.15) is 5.82 Å². The molecular formula is C16H21FN2O. The van der Waals surface area contributed by atoms with Gasteiger partial charge in [0.05, 0.1) is 12.3 Å². The maximum Gasteiger partial charge on any atom is 0.126 e. The molecule has 3 nitrogen and oxygen atoms in total. The third kappa shape index (κ3) is 3.39. The van der Waals surface area contributed by atoms with E-state index in [2.05, 4.69) is 19.3 Å². The Labute approximate surface area is 119 Å². The van der Waals surface area contributed by atoms with Crippen LogP contribution in [0.2, 0.25) is 0 Å². The molecule has 2 rings (SSSR count). The Morgan fingerprint density at radius 3 is 2.70 bits per heavy atom. The van der Waals surface area contributed by atoms with Gasteiger partial charge in [-0.1, -0.05) is 13.8 Å². The predicted octanol–water partition coefficient (Wildman–Crippen LogP) is 2.83. The summed E-state index contributed by atoms with van der Waals surface area (Å²) < 4.78 is 13.4. The van der Waals surface area contributed by atoms with Crippen molar-refractivity contribution in [2.24, 2.45) is 5.92 Å². The van der Waals surface area contributed by atoms with Gasteiger partial charge in [-0.3, -0.25) is 10.4 Å². The van der Waals surface area contributed by atoms with Crippen LogP contribution in [0.3, 0.4) is 0 Å². The Hall–Kier alpha value is -1.81. The number of aliphatic hydroxyl groups excluding tert-OH is 1. The lowest BCUT2D eigenvalue weighted by Gasteiger charge is -2.30. The molecule has 0 saturated carbocycles. The number of hydrazine groups is 1. The second-order valence-electron chi connectivity index (χ2n) is 5.54. The first kappa shape index (κ1) is 14.6. The van der Waals surface area contributed by atoms with Gasteiger partial charge in [-0.15, -0.1) is 0 Å². The predicted molar refractivity (Wildman–Crippen MR) is 79.0 cm³/mol. The lowest BCUT2D eigenvalue weighted by molar-refractivity contribution is 0.271. The van der Waals surface area contributed by atoms with E-state index < -0.39 is 0 Å². The highest BCUT2D eigenvalue weighted by molar-refractivity contribution is 5.68. The summed E-state index contributed by atoms with van der Waals surface area (Å²) in [5.74, 6) is 0.287. The highest BCUT2D eigenvalue weighted by Gasteiger charge is 2.14. The second kappa shape index (κ2) is 6.09. The van der Waals surface area contributed by atoms with E-state index in [9.17, 15) is 9.50 Å². The fraction of sp³-hybridized carbons (Fsp3) is 0.375. The van der Waals surface area contributed by atoms with Crippen molar-refractivity contribution in [1.29, 1.82) is 0 Å². The van der Waals surface area contributed by atoms with Crippen molar-refractivity contribution in [3.05, 3.63) is 53.0 Å². The first-order valence-electron chi connectivity index (χ1n) is 6.82. The number of aryl methyl sites for hydroxylation is 1.